The Labute approximate surface area is 117 Å². The molecule has 1 saturated carbocycles. The van der Waals surface area contributed by atoms with Crippen LogP contribution in [0.4, 0.5) is 4.39 Å². The Morgan fingerprint density at radius 2 is 2.26 bits per heavy atom. The Hall–Kier alpha value is -1.09. The highest BCUT2D eigenvalue weighted by Crippen LogP contribution is 2.36. The molecule has 102 valence electrons. The lowest BCUT2D eigenvalue weighted by Crippen LogP contribution is -2.19. The third kappa shape index (κ3) is 2.25. The Bertz CT molecular complexity index is 593. The molecular formula is C15H18ClFN2. The molecule has 0 bridgehead atoms. The average Bonchev–Trinajstić information content (AvgIpc) is 2.78. The van der Waals surface area contributed by atoms with Gasteiger partial charge in [-0.1, -0.05) is 25.8 Å². The highest BCUT2D eigenvalue weighted by molar-refractivity contribution is 6.16. The van der Waals surface area contributed by atoms with Crippen molar-refractivity contribution in [1.29, 1.82) is 0 Å². The first-order chi connectivity index (χ1) is 9.20. The lowest BCUT2D eigenvalue weighted by Gasteiger charge is -2.29. The van der Waals surface area contributed by atoms with E-state index in [9.17, 15) is 4.39 Å². The average molecular weight is 281 g/mol. The summed E-state index contributed by atoms with van der Waals surface area (Å²) in [6, 6.07) is 5.56. The second kappa shape index (κ2) is 5.12. The van der Waals surface area contributed by atoms with Gasteiger partial charge >= 0.3 is 0 Å². The molecule has 1 aliphatic carbocycles. The number of fused-ring (bicyclic) bond motifs is 1. The predicted molar refractivity (Wildman–Crippen MR) is 75.9 cm³/mol. The fourth-order valence-corrected chi connectivity index (χ4v) is 3.46. The van der Waals surface area contributed by atoms with Gasteiger partial charge in [-0.3, -0.25) is 0 Å². The molecule has 3 rings (SSSR count). The van der Waals surface area contributed by atoms with Gasteiger partial charge in [0.25, 0.3) is 0 Å². The predicted octanol–water partition coefficient (Wildman–Crippen LogP) is 4.67. The lowest BCUT2D eigenvalue weighted by atomic mass is 9.87. The topological polar surface area (TPSA) is 17.8 Å². The van der Waals surface area contributed by atoms with Crippen LogP contribution in [-0.4, -0.2) is 9.55 Å². The Morgan fingerprint density at radius 1 is 1.42 bits per heavy atom. The van der Waals surface area contributed by atoms with Crippen LogP contribution in [0, 0.1) is 11.7 Å². The molecule has 1 heterocycles. The van der Waals surface area contributed by atoms with Gasteiger partial charge in [0.1, 0.15) is 11.3 Å². The van der Waals surface area contributed by atoms with Gasteiger partial charge in [-0.15, -0.1) is 11.6 Å². The minimum atomic E-state index is -0.258. The first-order valence-electron chi connectivity index (χ1n) is 6.92. The number of halogens is 2. The zero-order valence-electron chi connectivity index (χ0n) is 11.1. The molecule has 2 unspecified atom stereocenters. The van der Waals surface area contributed by atoms with Gasteiger partial charge in [0.2, 0.25) is 0 Å². The summed E-state index contributed by atoms with van der Waals surface area (Å²) >= 11 is 6.01. The number of para-hydroxylation sites is 1. The van der Waals surface area contributed by atoms with Crippen molar-refractivity contribution in [1.82, 2.24) is 9.55 Å². The van der Waals surface area contributed by atoms with Crippen molar-refractivity contribution in [3.63, 3.8) is 0 Å². The van der Waals surface area contributed by atoms with Gasteiger partial charge in [0.05, 0.1) is 11.4 Å². The van der Waals surface area contributed by atoms with Crippen molar-refractivity contribution in [2.45, 2.75) is 44.5 Å². The summed E-state index contributed by atoms with van der Waals surface area (Å²) in [6.45, 7) is 2.28. The third-order valence-corrected chi connectivity index (χ3v) is 4.38. The van der Waals surface area contributed by atoms with E-state index in [-0.39, 0.29) is 5.82 Å². The van der Waals surface area contributed by atoms with E-state index in [0.29, 0.717) is 23.4 Å². The quantitative estimate of drug-likeness (QED) is 0.731. The molecule has 0 radical (unpaired) electrons. The summed E-state index contributed by atoms with van der Waals surface area (Å²) < 4.78 is 16.0. The van der Waals surface area contributed by atoms with Crippen molar-refractivity contribution in [3.8, 4) is 0 Å². The molecular weight excluding hydrogens is 263 g/mol. The van der Waals surface area contributed by atoms with Crippen LogP contribution in [0.2, 0.25) is 0 Å². The van der Waals surface area contributed by atoms with E-state index in [2.05, 4.69) is 16.5 Å². The molecule has 2 aromatic rings. The van der Waals surface area contributed by atoms with Crippen LogP contribution in [-0.2, 0) is 5.88 Å². The fourth-order valence-electron chi connectivity index (χ4n) is 3.27. The maximum absolute atomic E-state index is 13.8. The van der Waals surface area contributed by atoms with Gasteiger partial charge in [-0.05, 0) is 30.9 Å². The molecule has 2 nitrogen and oxygen atoms in total. The van der Waals surface area contributed by atoms with E-state index in [1.807, 2.05) is 6.07 Å². The van der Waals surface area contributed by atoms with Crippen LogP contribution in [0.15, 0.2) is 18.2 Å². The first kappa shape index (κ1) is 12.9. The van der Waals surface area contributed by atoms with Crippen LogP contribution in [0.5, 0.6) is 0 Å². The molecule has 0 aliphatic heterocycles. The first-order valence-corrected chi connectivity index (χ1v) is 7.45. The normalized spacial score (nSPS) is 23.9. The molecule has 4 heteroatoms. The molecule has 0 spiro atoms. The number of alkyl halides is 1. The molecule has 1 aromatic carbocycles. The second-order valence-electron chi connectivity index (χ2n) is 5.56. The van der Waals surface area contributed by atoms with Gasteiger partial charge in [0.15, 0.2) is 5.82 Å². The van der Waals surface area contributed by atoms with E-state index in [1.165, 1.54) is 18.9 Å². The molecule has 1 aliphatic rings. The zero-order valence-corrected chi connectivity index (χ0v) is 11.8. The SMILES string of the molecule is CC1CCCC(n2c(CCl)nc3c(F)cccc32)C1. The van der Waals surface area contributed by atoms with Crippen molar-refractivity contribution in [3.05, 3.63) is 29.8 Å². The van der Waals surface area contributed by atoms with E-state index < -0.39 is 0 Å². The molecule has 1 fully saturated rings. The van der Waals surface area contributed by atoms with Gasteiger partial charge in [-0.25, -0.2) is 9.37 Å². The monoisotopic (exact) mass is 280 g/mol. The number of aromatic nitrogens is 2. The van der Waals surface area contributed by atoms with E-state index in [4.69, 9.17) is 11.6 Å². The number of imidazole rings is 1. The van der Waals surface area contributed by atoms with E-state index in [0.717, 1.165) is 24.2 Å². The molecule has 19 heavy (non-hydrogen) atoms. The van der Waals surface area contributed by atoms with Gasteiger partial charge < -0.3 is 4.57 Å². The molecule has 0 saturated heterocycles. The summed E-state index contributed by atoms with van der Waals surface area (Å²) in [5.74, 6) is 1.58. The standard InChI is InChI=1S/C15H18ClFN2/c1-10-4-2-5-11(8-10)19-13-7-3-6-12(17)15(13)18-14(19)9-16/h3,6-7,10-11H,2,4-5,8-9H2,1H3. The van der Waals surface area contributed by atoms with Crippen molar-refractivity contribution in [2.75, 3.05) is 0 Å². The minimum Gasteiger partial charge on any atom is -0.324 e. The minimum absolute atomic E-state index is 0.258. The highest BCUT2D eigenvalue weighted by atomic mass is 35.5. The van der Waals surface area contributed by atoms with Crippen molar-refractivity contribution >= 4 is 22.6 Å². The van der Waals surface area contributed by atoms with Crippen LogP contribution in [0.3, 0.4) is 0 Å². The third-order valence-electron chi connectivity index (χ3n) is 4.14. The summed E-state index contributed by atoms with van der Waals surface area (Å²) in [7, 11) is 0. The van der Waals surface area contributed by atoms with Gasteiger partial charge in [0, 0.05) is 6.04 Å². The Balaban J connectivity index is 2.13. The fraction of sp³-hybridized carbons (Fsp3) is 0.533. The Kier molecular flexibility index (Phi) is 3.48. The maximum Gasteiger partial charge on any atom is 0.151 e. The van der Waals surface area contributed by atoms with Crippen molar-refractivity contribution in [2.24, 2.45) is 5.92 Å². The maximum atomic E-state index is 13.8. The number of hydrogen-bond donors (Lipinski definition) is 0. The van der Waals surface area contributed by atoms with Crippen LogP contribution >= 0.6 is 11.6 Å². The molecule has 1 aromatic heterocycles. The Morgan fingerprint density at radius 3 is 3.00 bits per heavy atom. The summed E-state index contributed by atoms with van der Waals surface area (Å²) in [4.78, 5) is 4.39. The second-order valence-corrected chi connectivity index (χ2v) is 5.83. The smallest absolute Gasteiger partial charge is 0.151 e. The molecule has 0 amide bonds. The lowest BCUT2D eigenvalue weighted by molar-refractivity contribution is 0.283. The summed E-state index contributed by atoms with van der Waals surface area (Å²) in [5.41, 5.74) is 1.34. The number of nitrogens with zero attached hydrogens (tertiary/aromatic N) is 2. The van der Waals surface area contributed by atoms with Crippen molar-refractivity contribution < 1.29 is 4.39 Å². The summed E-state index contributed by atoms with van der Waals surface area (Å²) in [6.07, 6.45) is 4.78. The van der Waals surface area contributed by atoms with Crippen LogP contribution in [0.25, 0.3) is 11.0 Å². The number of benzene rings is 1. The highest BCUT2D eigenvalue weighted by Gasteiger charge is 2.24. The van der Waals surface area contributed by atoms with Crippen LogP contribution in [0.1, 0.15) is 44.5 Å². The number of rotatable bonds is 2. The van der Waals surface area contributed by atoms with Gasteiger partial charge in [-0.2, -0.15) is 0 Å². The number of hydrogen-bond acceptors (Lipinski definition) is 1. The molecule has 0 N–H and O–H groups in total. The van der Waals surface area contributed by atoms with E-state index in [1.54, 1.807) is 6.07 Å². The molecule has 2 atom stereocenters. The van der Waals surface area contributed by atoms with Crippen LogP contribution < -0.4 is 0 Å². The van der Waals surface area contributed by atoms with E-state index >= 15 is 0 Å². The zero-order chi connectivity index (χ0) is 13.4. The largest absolute Gasteiger partial charge is 0.324 e. The summed E-state index contributed by atoms with van der Waals surface area (Å²) in [5, 5.41) is 0.